The monoisotopic (exact) mass is 327 g/mol. The summed E-state index contributed by atoms with van der Waals surface area (Å²) in [6.07, 6.45) is 0. The number of hydrogen-bond donors (Lipinski definition) is 1. The molecule has 5 heteroatoms. The second-order valence-corrected chi connectivity index (χ2v) is 7.01. The normalized spacial score (nSPS) is 11.5. The largest absolute Gasteiger partial charge is 0.394 e. The van der Waals surface area contributed by atoms with Crippen molar-refractivity contribution in [2.24, 2.45) is 0 Å². The summed E-state index contributed by atoms with van der Waals surface area (Å²) in [5.74, 6) is 0. The first-order chi connectivity index (χ1) is 11.1. The number of aliphatic hydroxyl groups is 1. The Labute approximate surface area is 135 Å². The van der Waals surface area contributed by atoms with E-state index in [9.17, 15) is 13.5 Å². The van der Waals surface area contributed by atoms with Gasteiger partial charge in [-0.15, -0.1) is 0 Å². The number of para-hydroxylation sites is 1. The average molecular weight is 327 g/mol. The first kappa shape index (κ1) is 15.5. The Kier molecular flexibility index (Phi) is 4.32. The van der Waals surface area contributed by atoms with E-state index in [1.54, 1.807) is 42.5 Å². The highest BCUT2D eigenvalue weighted by molar-refractivity contribution is 7.92. The Balaban J connectivity index is 2.09. The fourth-order valence-corrected chi connectivity index (χ4v) is 4.02. The van der Waals surface area contributed by atoms with Crippen LogP contribution >= 0.6 is 0 Å². The van der Waals surface area contributed by atoms with Crippen molar-refractivity contribution in [2.75, 3.05) is 17.5 Å². The summed E-state index contributed by atoms with van der Waals surface area (Å²) >= 11 is 0. The molecule has 1 N–H and O–H groups in total. The van der Waals surface area contributed by atoms with Gasteiger partial charge in [0.25, 0.3) is 10.0 Å². The minimum Gasteiger partial charge on any atom is -0.394 e. The molecule has 3 aromatic carbocycles. The molecule has 0 saturated heterocycles. The number of sulfonamides is 1. The van der Waals surface area contributed by atoms with Gasteiger partial charge in [0, 0.05) is 0 Å². The zero-order valence-electron chi connectivity index (χ0n) is 12.5. The third-order valence-electron chi connectivity index (χ3n) is 3.66. The van der Waals surface area contributed by atoms with Gasteiger partial charge in [0.2, 0.25) is 0 Å². The van der Waals surface area contributed by atoms with Crippen LogP contribution in [0.2, 0.25) is 0 Å². The molecule has 0 bridgehead atoms. The van der Waals surface area contributed by atoms with Crippen molar-refractivity contribution in [3.8, 4) is 0 Å². The van der Waals surface area contributed by atoms with Crippen LogP contribution in [-0.4, -0.2) is 26.7 Å². The highest BCUT2D eigenvalue weighted by atomic mass is 32.2. The molecule has 0 aliphatic heterocycles. The molecule has 0 aliphatic carbocycles. The molecule has 0 spiro atoms. The van der Waals surface area contributed by atoms with Crippen molar-refractivity contribution >= 4 is 26.5 Å². The van der Waals surface area contributed by atoms with Gasteiger partial charge in [-0.05, 0) is 35.0 Å². The molecular formula is C18H17NO3S. The third-order valence-corrected chi connectivity index (χ3v) is 5.48. The lowest BCUT2D eigenvalue weighted by molar-refractivity contribution is 0.306. The molecule has 3 rings (SSSR count). The van der Waals surface area contributed by atoms with E-state index in [0.29, 0.717) is 5.69 Å². The zero-order chi connectivity index (χ0) is 16.3. The van der Waals surface area contributed by atoms with Gasteiger partial charge in [0.05, 0.1) is 23.7 Å². The van der Waals surface area contributed by atoms with Crippen molar-refractivity contribution in [3.05, 3.63) is 72.8 Å². The van der Waals surface area contributed by atoms with E-state index < -0.39 is 10.0 Å². The van der Waals surface area contributed by atoms with Gasteiger partial charge in [0.15, 0.2) is 0 Å². The molecule has 23 heavy (non-hydrogen) atoms. The number of aliphatic hydroxyl groups excluding tert-OH is 1. The molecule has 118 valence electrons. The van der Waals surface area contributed by atoms with Gasteiger partial charge in [-0.1, -0.05) is 48.5 Å². The molecule has 3 aromatic rings. The second kappa shape index (κ2) is 6.40. The van der Waals surface area contributed by atoms with Crippen LogP contribution in [0.5, 0.6) is 0 Å². The molecule has 0 amide bonds. The predicted octanol–water partition coefficient (Wildman–Crippen LogP) is 3.03. The SMILES string of the molecule is O=S(=O)(c1ccc2ccccc2c1)N(CCO)c1ccccc1. The van der Waals surface area contributed by atoms with Gasteiger partial charge in [0.1, 0.15) is 0 Å². The number of rotatable bonds is 5. The standard InChI is InChI=1S/C18H17NO3S/c20-13-12-19(17-8-2-1-3-9-17)23(21,22)18-11-10-15-6-4-5-7-16(15)14-18/h1-11,14,20H,12-13H2. The Morgan fingerprint density at radius 2 is 1.48 bits per heavy atom. The van der Waals surface area contributed by atoms with E-state index in [4.69, 9.17) is 0 Å². The minimum absolute atomic E-state index is 0.0131. The van der Waals surface area contributed by atoms with E-state index in [-0.39, 0.29) is 18.0 Å². The molecule has 0 unspecified atom stereocenters. The quantitative estimate of drug-likeness (QED) is 0.783. The van der Waals surface area contributed by atoms with Gasteiger partial charge in [-0.3, -0.25) is 4.31 Å². The van der Waals surface area contributed by atoms with E-state index in [1.165, 1.54) is 4.31 Å². The number of benzene rings is 3. The predicted molar refractivity (Wildman–Crippen MR) is 92.0 cm³/mol. The van der Waals surface area contributed by atoms with E-state index in [2.05, 4.69) is 0 Å². The minimum atomic E-state index is -3.73. The number of anilines is 1. The van der Waals surface area contributed by atoms with E-state index in [0.717, 1.165) is 10.8 Å². The lowest BCUT2D eigenvalue weighted by Gasteiger charge is -2.23. The Bertz CT molecular complexity index is 908. The molecule has 4 nitrogen and oxygen atoms in total. The fraction of sp³-hybridized carbons (Fsp3) is 0.111. The molecular weight excluding hydrogens is 310 g/mol. The molecule has 0 aliphatic rings. The first-order valence-electron chi connectivity index (χ1n) is 7.30. The zero-order valence-corrected chi connectivity index (χ0v) is 13.3. The number of fused-ring (bicyclic) bond motifs is 1. The summed E-state index contributed by atoms with van der Waals surface area (Å²) in [6, 6.07) is 21.5. The Hall–Kier alpha value is -2.37. The third kappa shape index (κ3) is 3.06. The highest BCUT2D eigenvalue weighted by Crippen LogP contribution is 2.25. The molecule has 0 saturated carbocycles. The average Bonchev–Trinajstić information content (AvgIpc) is 2.60. The van der Waals surface area contributed by atoms with Crippen LogP contribution in [0, 0.1) is 0 Å². The maximum atomic E-state index is 13.0. The summed E-state index contributed by atoms with van der Waals surface area (Å²) in [4.78, 5) is 0.216. The topological polar surface area (TPSA) is 57.6 Å². The summed E-state index contributed by atoms with van der Waals surface area (Å²) in [5.41, 5.74) is 0.537. The molecule has 0 fully saturated rings. The second-order valence-electron chi connectivity index (χ2n) is 5.15. The lowest BCUT2D eigenvalue weighted by atomic mass is 10.1. The van der Waals surface area contributed by atoms with Gasteiger partial charge in [-0.25, -0.2) is 8.42 Å². The van der Waals surface area contributed by atoms with Gasteiger partial charge < -0.3 is 5.11 Å². The van der Waals surface area contributed by atoms with E-state index >= 15 is 0 Å². The van der Waals surface area contributed by atoms with Crippen LogP contribution < -0.4 is 4.31 Å². The van der Waals surface area contributed by atoms with Crippen LogP contribution in [0.3, 0.4) is 0 Å². The van der Waals surface area contributed by atoms with Crippen molar-refractivity contribution in [1.82, 2.24) is 0 Å². The first-order valence-corrected chi connectivity index (χ1v) is 8.74. The van der Waals surface area contributed by atoms with Gasteiger partial charge >= 0.3 is 0 Å². The van der Waals surface area contributed by atoms with Crippen molar-refractivity contribution < 1.29 is 13.5 Å². The maximum absolute atomic E-state index is 13.0. The number of nitrogens with zero attached hydrogens (tertiary/aromatic N) is 1. The Morgan fingerprint density at radius 1 is 0.826 bits per heavy atom. The molecule has 0 radical (unpaired) electrons. The maximum Gasteiger partial charge on any atom is 0.264 e. The number of hydrogen-bond acceptors (Lipinski definition) is 3. The Morgan fingerprint density at radius 3 is 2.17 bits per heavy atom. The van der Waals surface area contributed by atoms with Crippen LogP contribution in [0.4, 0.5) is 5.69 Å². The van der Waals surface area contributed by atoms with Crippen molar-refractivity contribution in [1.29, 1.82) is 0 Å². The van der Waals surface area contributed by atoms with Crippen LogP contribution in [0.15, 0.2) is 77.7 Å². The summed E-state index contributed by atoms with van der Waals surface area (Å²) < 4.78 is 27.2. The summed E-state index contributed by atoms with van der Waals surface area (Å²) in [6.45, 7) is -0.235. The highest BCUT2D eigenvalue weighted by Gasteiger charge is 2.24. The summed E-state index contributed by atoms with van der Waals surface area (Å²) in [7, 11) is -3.73. The lowest BCUT2D eigenvalue weighted by Crippen LogP contribution is -2.33. The van der Waals surface area contributed by atoms with Crippen molar-refractivity contribution in [3.63, 3.8) is 0 Å². The van der Waals surface area contributed by atoms with E-state index in [1.807, 2.05) is 30.3 Å². The van der Waals surface area contributed by atoms with Crippen LogP contribution in [0.1, 0.15) is 0 Å². The fourth-order valence-electron chi connectivity index (χ4n) is 2.53. The van der Waals surface area contributed by atoms with Crippen LogP contribution in [0.25, 0.3) is 10.8 Å². The molecule has 0 atom stereocenters. The smallest absolute Gasteiger partial charge is 0.264 e. The molecule has 0 aromatic heterocycles. The molecule has 0 heterocycles. The van der Waals surface area contributed by atoms with Gasteiger partial charge in [-0.2, -0.15) is 0 Å². The van der Waals surface area contributed by atoms with Crippen molar-refractivity contribution in [2.45, 2.75) is 4.90 Å². The summed E-state index contributed by atoms with van der Waals surface area (Å²) in [5, 5.41) is 11.1. The van der Waals surface area contributed by atoms with Crippen LogP contribution in [-0.2, 0) is 10.0 Å².